The number of hydrogen-bond acceptors (Lipinski definition) is 0. The van der Waals surface area contributed by atoms with Crippen LogP contribution in [0.4, 0.5) is 0 Å². The molecule has 1 fully saturated rings. The van der Waals surface area contributed by atoms with Gasteiger partial charge in [0.15, 0.2) is 0 Å². The first kappa shape index (κ1) is 46.7. The minimum Gasteiger partial charge on any atom is -0.118 e. The van der Waals surface area contributed by atoms with Gasteiger partial charge < -0.3 is 0 Å². The SMILES string of the molecule is C.C.C.C.C/C=C/c1ccc(C)cc1.CCC(c1ccc(C)cc1)C1CCCC1.I.PP.[V]. The van der Waals surface area contributed by atoms with Gasteiger partial charge in [-0.15, -0.1) is 41.8 Å². The van der Waals surface area contributed by atoms with E-state index < -0.39 is 0 Å². The molecule has 0 aliphatic heterocycles. The molecule has 1 aliphatic carbocycles. The van der Waals surface area contributed by atoms with E-state index >= 15 is 0 Å². The molecule has 2 aromatic carbocycles. The Labute approximate surface area is 243 Å². The first-order valence-corrected chi connectivity index (χ1v) is 12.9. The van der Waals surface area contributed by atoms with Crippen LogP contribution in [-0.4, -0.2) is 0 Å². The summed E-state index contributed by atoms with van der Waals surface area (Å²) in [6, 6.07) is 17.7. The maximum absolute atomic E-state index is 2.34. The van der Waals surface area contributed by atoms with E-state index in [1.807, 2.05) is 13.0 Å². The normalized spacial score (nSPS) is 12.2. The molecule has 4 heteroatoms. The van der Waals surface area contributed by atoms with E-state index in [4.69, 9.17) is 0 Å². The first-order valence-electron chi connectivity index (χ1n) is 10.2. The topological polar surface area (TPSA) is 0 Å². The van der Waals surface area contributed by atoms with E-state index in [9.17, 15) is 0 Å². The molecular formula is C29H55IP2V. The summed E-state index contributed by atoms with van der Waals surface area (Å²) < 4.78 is 0. The minimum atomic E-state index is 0. The predicted octanol–water partition coefficient (Wildman–Crippen LogP) is 11.5. The molecule has 3 rings (SSSR count). The van der Waals surface area contributed by atoms with Crippen molar-refractivity contribution in [3.63, 3.8) is 0 Å². The maximum Gasteiger partial charge on any atom is 0 e. The van der Waals surface area contributed by atoms with Crippen LogP contribution in [0.5, 0.6) is 0 Å². The summed E-state index contributed by atoms with van der Waals surface area (Å²) in [5.74, 6) is 1.77. The van der Waals surface area contributed by atoms with Crippen molar-refractivity contribution in [2.75, 3.05) is 0 Å². The zero-order valence-electron chi connectivity index (χ0n) is 18.5. The summed E-state index contributed by atoms with van der Waals surface area (Å²) >= 11 is 0. The molecule has 0 spiro atoms. The number of rotatable bonds is 4. The fourth-order valence-electron chi connectivity index (χ4n) is 3.88. The van der Waals surface area contributed by atoms with Crippen LogP contribution in [0.2, 0.25) is 0 Å². The average Bonchev–Trinajstić information content (AvgIpc) is 3.23. The summed E-state index contributed by atoms with van der Waals surface area (Å²) in [5.41, 5.74) is 5.52. The Hall–Kier alpha value is 0.354. The van der Waals surface area contributed by atoms with Gasteiger partial charge in [-0.1, -0.05) is 121 Å². The van der Waals surface area contributed by atoms with Crippen LogP contribution in [0.1, 0.15) is 104 Å². The molecule has 0 N–H and O–H groups in total. The van der Waals surface area contributed by atoms with Crippen molar-refractivity contribution in [1.29, 1.82) is 0 Å². The van der Waals surface area contributed by atoms with Gasteiger partial charge in [0.1, 0.15) is 0 Å². The van der Waals surface area contributed by atoms with Gasteiger partial charge in [0.2, 0.25) is 0 Å². The fourth-order valence-corrected chi connectivity index (χ4v) is 3.88. The number of aryl methyl sites for hydroxylation is 2. The summed E-state index contributed by atoms with van der Waals surface area (Å²) in [6.07, 6.45) is 11.2. The molecule has 3 unspecified atom stereocenters. The van der Waals surface area contributed by atoms with Gasteiger partial charge in [0, 0.05) is 18.6 Å². The molecule has 0 nitrogen and oxygen atoms in total. The van der Waals surface area contributed by atoms with Gasteiger partial charge in [-0.05, 0) is 63.0 Å². The summed E-state index contributed by atoms with van der Waals surface area (Å²) in [4.78, 5) is 0. The molecule has 33 heavy (non-hydrogen) atoms. The standard InChI is InChI=1S/C15H22.C10H12.4CH4.HI.H4P2.V/c1-3-15(13-6-4-5-7-13)14-10-8-12(2)9-11-14;1-3-4-10-7-5-9(2)6-8-10;;;;;;1-2;/h8-11,13,15H,3-7H2,1-2H3;3-8H,1-2H3;4*1H4;1H;1-2H2;/b;4-3+;;;;;;;. The van der Waals surface area contributed by atoms with Gasteiger partial charge in [-0.2, -0.15) is 0 Å². The molecule has 1 saturated carbocycles. The number of benzene rings is 2. The summed E-state index contributed by atoms with van der Waals surface area (Å²) in [7, 11) is 4.67. The largest absolute Gasteiger partial charge is 0.118 e. The maximum atomic E-state index is 2.34. The van der Waals surface area contributed by atoms with E-state index in [1.54, 1.807) is 5.56 Å². The van der Waals surface area contributed by atoms with E-state index in [2.05, 4.69) is 93.2 Å². The molecule has 0 heterocycles. The van der Waals surface area contributed by atoms with Gasteiger partial charge in [-0.3, -0.25) is 0 Å². The van der Waals surface area contributed by atoms with Crippen LogP contribution in [0.3, 0.4) is 0 Å². The van der Waals surface area contributed by atoms with Crippen LogP contribution in [0.15, 0.2) is 54.6 Å². The monoisotopic (exact) mass is 643 g/mol. The average molecular weight is 644 g/mol. The molecule has 0 saturated heterocycles. The minimum absolute atomic E-state index is 0. The van der Waals surface area contributed by atoms with E-state index in [1.165, 1.54) is 48.8 Å². The van der Waals surface area contributed by atoms with Gasteiger partial charge in [0.25, 0.3) is 0 Å². The zero-order valence-corrected chi connectivity index (χ0v) is 24.5. The molecule has 0 aromatic heterocycles. The summed E-state index contributed by atoms with van der Waals surface area (Å²) in [6.45, 7) is 8.63. The Morgan fingerprint density at radius 2 is 1.21 bits per heavy atom. The third-order valence-electron chi connectivity index (χ3n) is 5.35. The Kier molecular flexibility index (Phi) is 40.4. The van der Waals surface area contributed by atoms with E-state index in [0.717, 1.165) is 11.8 Å². The van der Waals surface area contributed by atoms with Crippen molar-refractivity contribution in [1.82, 2.24) is 0 Å². The smallest absolute Gasteiger partial charge is 0 e. The third-order valence-corrected chi connectivity index (χ3v) is 5.35. The van der Waals surface area contributed by atoms with Crippen molar-refractivity contribution >= 4 is 47.9 Å². The number of halogens is 1. The molecule has 193 valence electrons. The Balaban J connectivity index is -0.0000000915. The fraction of sp³-hybridized carbons (Fsp3) is 0.517. The predicted molar refractivity (Wildman–Crippen MR) is 174 cm³/mol. The Morgan fingerprint density at radius 1 is 0.818 bits per heavy atom. The van der Waals surface area contributed by atoms with E-state index in [-0.39, 0.29) is 72.2 Å². The molecule has 0 bridgehead atoms. The van der Waals surface area contributed by atoms with Crippen LogP contribution in [0, 0.1) is 19.8 Å². The molecule has 1 radical (unpaired) electrons. The molecule has 1 aliphatic rings. The van der Waals surface area contributed by atoms with Crippen LogP contribution in [-0.2, 0) is 18.6 Å². The third kappa shape index (κ3) is 18.3. The van der Waals surface area contributed by atoms with Gasteiger partial charge in [0.05, 0.1) is 0 Å². The van der Waals surface area contributed by atoms with Crippen molar-refractivity contribution in [3.8, 4) is 0 Å². The Bertz CT molecular complexity index is 648. The first-order chi connectivity index (χ1) is 13.1. The van der Waals surface area contributed by atoms with Crippen molar-refractivity contribution in [3.05, 3.63) is 76.9 Å². The molecular weight excluding hydrogens is 588 g/mol. The van der Waals surface area contributed by atoms with Crippen molar-refractivity contribution in [2.24, 2.45) is 5.92 Å². The molecule has 3 atom stereocenters. The van der Waals surface area contributed by atoms with Gasteiger partial charge >= 0.3 is 0 Å². The van der Waals surface area contributed by atoms with Crippen LogP contribution >= 0.6 is 41.8 Å². The number of hydrogen-bond donors (Lipinski definition) is 0. The second-order valence-corrected chi connectivity index (χ2v) is 7.38. The summed E-state index contributed by atoms with van der Waals surface area (Å²) in [5, 5.41) is 0. The Morgan fingerprint density at radius 3 is 1.58 bits per heavy atom. The second kappa shape index (κ2) is 28.6. The van der Waals surface area contributed by atoms with Gasteiger partial charge in [-0.25, -0.2) is 0 Å². The second-order valence-electron chi connectivity index (χ2n) is 7.38. The van der Waals surface area contributed by atoms with Crippen LogP contribution < -0.4 is 0 Å². The zero-order chi connectivity index (χ0) is 20.1. The van der Waals surface area contributed by atoms with Crippen molar-refractivity contribution in [2.45, 2.75) is 95.4 Å². The van der Waals surface area contributed by atoms with E-state index in [0.29, 0.717) is 0 Å². The molecule has 2 aromatic rings. The number of allylic oxidation sites excluding steroid dienone is 1. The molecule has 0 amide bonds. The van der Waals surface area contributed by atoms with Crippen LogP contribution in [0.25, 0.3) is 6.08 Å². The van der Waals surface area contributed by atoms with Crippen molar-refractivity contribution < 1.29 is 18.6 Å². The quantitative estimate of drug-likeness (QED) is 0.230.